The van der Waals surface area contributed by atoms with Crippen LogP contribution in [0.4, 0.5) is 0 Å². The number of hydrogen-bond donors (Lipinski definition) is 2. The largest absolute Gasteiger partial charge is 0.459 e. The first-order valence-corrected chi connectivity index (χ1v) is 7.30. The summed E-state index contributed by atoms with van der Waals surface area (Å²) in [5.74, 6) is 1.51. The van der Waals surface area contributed by atoms with Crippen molar-refractivity contribution in [2.75, 3.05) is 6.54 Å². The number of hydrogen-bond acceptors (Lipinski definition) is 5. The molecule has 0 atom stereocenters. The van der Waals surface area contributed by atoms with Gasteiger partial charge in [0.25, 0.3) is 0 Å². The van der Waals surface area contributed by atoms with Gasteiger partial charge < -0.3 is 15.5 Å². The lowest BCUT2D eigenvalue weighted by molar-refractivity contribution is -0.121. The SMILES string of the molecule is Cc1ccc(-c2nc(CC(=O)NC(C)(C)CN)cs2)o1. The van der Waals surface area contributed by atoms with Crippen LogP contribution in [0.1, 0.15) is 25.3 Å². The van der Waals surface area contributed by atoms with E-state index < -0.39 is 5.54 Å². The van der Waals surface area contributed by atoms with E-state index in [2.05, 4.69) is 10.3 Å². The summed E-state index contributed by atoms with van der Waals surface area (Å²) in [5.41, 5.74) is 5.94. The maximum absolute atomic E-state index is 11.9. The Kier molecular flexibility index (Phi) is 4.25. The third kappa shape index (κ3) is 3.68. The highest BCUT2D eigenvalue weighted by atomic mass is 32.1. The van der Waals surface area contributed by atoms with E-state index in [4.69, 9.17) is 10.2 Å². The van der Waals surface area contributed by atoms with Gasteiger partial charge in [0.15, 0.2) is 10.8 Å². The average molecular weight is 293 g/mol. The average Bonchev–Trinajstić information content (AvgIpc) is 2.97. The fourth-order valence-electron chi connectivity index (χ4n) is 1.69. The molecule has 0 aliphatic rings. The molecule has 0 saturated heterocycles. The molecular weight excluding hydrogens is 274 g/mol. The van der Waals surface area contributed by atoms with Gasteiger partial charge in [0, 0.05) is 17.5 Å². The first-order valence-electron chi connectivity index (χ1n) is 6.42. The van der Waals surface area contributed by atoms with Crippen molar-refractivity contribution >= 4 is 17.2 Å². The molecule has 0 radical (unpaired) electrons. The summed E-state index contributed by atoms with van der Waals surface area (Å²) in [6.45, 7) is 6.07. The molecule has 0 spiro atoms. The Balaban J connectivity index is 2.01. The van der Waals surface area contributed by atoms with Crippen molar-refractivity contribution in [3.63, 3.8) is 0 Å². The summed E-state index contributed by atoms with van der Waals surface area (Å²) in [6, 6.07) is 3.78. The fourth-order valence-corrected chi connectivity index (χ4v) is 2.47. The summed E-state index contributed by atoms with van der Waals surface area (Å²) in [5, 5.41) is 5.55. The van der Waals surface area contributed by atoms with Crippen LogP contribution in [0.5, 0.6) is 0 Å². The van der Waals surface area contributed by atoms with Crippen LogP contribution >= 0.6 is 11.3 Å². The van der Waals surface area contributed by atoms with Crippen LogP contribution in [0.15, 0.2) is 21.9 Å². The van der Waals surface area contributed by atoms with Gasteiger partial charge in [0.2, 0.25) is 5.91 Å². The molecule has 5 nitrogen and oxygen atoms in total. The number of carbonyl (C=O) groups is 1. The Morgan fingerprint density at radius 1 is 1.50 bits per heavy atom. The topological polar surface area (TPSA) is 81.2 Å². The van der Waals surface area contributed by atoms with Crippen LogP contribution in [0.2, 0.25) is 0 Å². The van der Waals surface area contributed by atoms with E-state index in [1.807, 2.05) is 38.3 Å². The van der Waals surface area contributed by atoms with Crippen LogP contribution in [-0.2, 0) is 11.2 Å². The molecule has 0 bridgehead atoms. The Morgan fingerprint density at radius 3 is 2.85 bits per heavy atom. The van der Waals surface area contributed by atoms with Crippen molar-refractivity contribution in [2.45, 2.75) is 32.7 Å². The van der Waals surface area contributed by atoms with Crippen LogP contribution in [0.3, 0.4) is 0 Å². The molecule has 0 aromatic carbocycles. The van der Waals surface area contributed by atoms with Gasteiger partial charge in [0.05, 0.1) is 12.1 Å². The van der Waals surface area contributed by atoms with Gasteiger partial charge >= 0.3 is 0 Å². The molecule has 2 heterocycles. The van der Waals surface area contributed by atoms with E-state index in [0.717, 1.165) is 22.2 Å². The van der Waals surface area contributed by atoms with Crippen molar-refractivity contribution < 1.29 is 9.21 Å². The second-order valence-electron chi connectivity index (χ2n) is 5.37. The van der Waals surface area contributed by atoms with E-state index in [-0.39, 0.29) is 12.3 Å². The third-order valence-electron chi connectivity index (χ3n) is 2.83. The molecule has 0 fully saturated rings. The van der Waals surface area contributed by atoms with Crippen LogP contribution < -0.4 is 11.1 Å². The molecule has 6 heteroatoms. The molecule has 0 aliphatic carbocycles. The number of aromatic nitrogens is 1. The quantitative estimate of drug-likeness (QED) is 0.884. The second kappa shape index (κ2) is 5.76. The molecule has 2 aromatic rings. The third-order valence-corrected chi connectivity index (χ3v) is 3.74. The minimum atomic E-state index is -0.395. The maximum atomic E-state index is 11.9. The zero-order valence-corrected chi connectivity index (χ0v) is 12.7. The Labute approximate surface area is 122 Å². The van der Waals surface area contributed by atoms with Crippen molar-refractivity contribution in [2.24, 2.45) is 5.73 Å². The number of rotatable bonds is 5. The fraction of sp³-hybridized carbons (Fsp3) is 0.429. The lowest BCUT2D eigenvalue weighted by Crippen LogP contribution is -2.49. The maximum Gasteiger partial charge on any atom is 0.226 e. The lowest BCUT2D eigenvalue weighted by atomic mass is 10.1. The highest BCUT2D eigenvalue weighted by molar-refractivity contribution is 7.13. The van der Waals surface area contributed by atoms with Crippen LogP contribution in [-0.4, -0.2) is 23.0 Å². The van der Waals surface area contributed by atoms with Gasteiger partial charge in [0.1, 0.15) is 5.76 Å². The minimum Gasteiger partial charge on any atom is -0.459 e. The summed E-state index contributed by atoms with van der Waals surface area (Å²) >= 11 is 1.47. The molecule has 2 rings (SSSR count). The van der Waals surface area contributed by atoms with Gasteiger partial charge in [-0.2, -0.15) is 0 Å². The number of thiazole rings is 1. The van der Waals surface area contributed by atoms with Crippen molar-refractivity contribution in [1.82, 2.24) is 10.3 Å². The first-order chi connectivity index (χ1) is 9.39. The second-order valence-corrected chi connectivity index (χ2v) is 6.23. The highest BCUT2D eigenvalue weighted by Gasteiger charge is 2.19. The highest BCUT2D eigenvalue weighted by Crippen LogP contribution is 2.25. The van der Waals surface area contributed by atoms with Gasteiger partial charge in [-0.25, -0.2) is 4.98 Å². The zero-order chi connectivity index (χ0) is 14.8. The number of aryl methyl sites for hydroxylation is 1. The van der Waals surface area contributed by atoms with E-state index in [1.54, 1.807) is 0 Å². The molecule has 20 heavy (non-hydrogen) atoms. The molecule has 108 valence electrons. The monoisotopic (exact) mass is 293 g/mol. The predicted molar refractivity (Wildman–Crippen MR) is 79.5 cm³/mol. The normalized spacial score (nSPS) is 11.6. The Bertz CT molecular complexity index is 601. The molecule has 2 aromatic heterocycles. The van der Waals surface area contributed by atoms with Crippen LogP contribution in [0.25, 0.3) is 10.8 Å². The molecule has 0 saturated carbocycles. The summed E-state index contributed by atoms with van der Waals surface area (Å²) in [6.07, 6.45) is 0.250. The minimum absolute atomic E-state index is 0.0760. The van der Waals surface area contributed by atoms with Gasteiger partial charge in [-0.1, -0.05) is 0 Å². The molecule has 0 unspecified atom stereocenters. The standard InChI is InChI=1S/C14H19N3O2S/c1-9-4-5-11(19-9)13-16-10(7-20-13)6-12(18)17-14(2,3)8-15/h4-5,7H,6,8,15H2,1-3H3,(H,17,18). The summed E-state index contributed by atoms with van der Waals surface area (Å²) in [7, 11) is 0. The predicted octanol–water partition coefficient (Wildman–Crippen LogP) is 2.11. The molecular formula is C14H19N3O2S. The molecule has 1 amide bonds. The molecule has 0 aliphatic heterocycles. The first kappa shape index (κ1) is 14.7. The number of nitrogens with zero attached hydrogens (tertiary/aromatic N) is 1. The van der Waals surface area contributed by atoms with Crippen molar-refractivity contribution in [3.05, 3.63) is 29.0 Å². The molecule has 3 N–H and O–H groups in total. The summed E-state index contributed by atoms with van der Waals surface area (Å²) < 4.78 is 5.52. The smallest absolute Gasteiger partial charge is 0.226 e. The number of nitrogens with two attached hydrogens (primary N) is 1. The van der Waals surface area contributed by atoms with E-state index in [1.165, 1.54) is 11.3 Å². The number of furan rings is 1. The Hall–Kier alpha value is -1.66. The lowest BCUT2D eigenvalue weighted by Gasteiger charge is -2.23. The van der Waals surface area contributed by atoms with E-state index in [0.29, 0.717) is 6.54 Å². The van der Waals surface area contributed by atoms with Gasteiger partial charge in [-0.05, 0) is 32.9 Å². The van der Waals surface area contributed by atoms with Gasteiger partial charge in [-0.15, -0.1) is 11.3 Å². The number of amides is 1. The zero-order valence-electron chi connectivity index (χ0n) is 11.9. The van der Waals surface area contributed by atoms with Crippen molar-refractivity contribution in [1.29, 1.82) is 0 Å². The number of carbonyl (C=O) groups excluding carboxylic acids is 1. The van der Waals surface area contributed by atoms with Gasteiger partial charge in [-0.3, -0.25) is 4.79 Å². The Morgan fingerprint density at radius 2 is 2.25 bits per heavy atom. The van der Waals surface area contributed by atoms with E-state index >= 15 is 0 Å². The van der Waals surface area contributed by atoms with Crippen LogP contribution in [0, 0.1) is 6.92 Å². The summed E-state index contributed by atoms with van der Waals surface area (Å²) in [4.78, 5) is 16.3. The van der Waals surface area contributed by atoms with Crippen molar-refractivity contribution in [3.8, 4) is 10.8 Å². The van der Waals surface area contributed by atoms with E-state index in [9.17, 15) is 4.79 Å². The number of nitrogens with one attached hydrogen (secondary N) is 1.